The van der Waals surface area contributed by atoms with Gasteiger partial charge in [-0.1, -0.05) is 19.3 Å². The van der Waals surface area contributed by atoms with Crippen LogP contribution in [0.25, 0.3) is 0 Å². The lowest BCUT2D eigenvalue weighted by Gasteiger charge is -2.41. The Balaban J connectivity index is 0.00000132. The van der Waals surface area contributed by atoms with Crippen LogP contribution in [0.4, 0.5) is 4.39 Å². The van der Waals surface area contributed by atoms with E-state index in [1.165, 1.54) is 32.1 Å². The fourth-order valence-corrected chi connectivity index (χ4v) is 4.42. The van der Waals surface area contributed by atoms with Gasteiger partial charge in [-0.3, -0.25) is 4.90 Å². The van der Waals surface area contributed by atoms with Gasteiger partial charge < -0.3 is 5.32 Å². The predicted octanol–water partition coefficient (Wildman–Crippen LogP) is 4.80. The van der Waals surface area contributed by atoms with E-state index < -0.39 is 0 Å². The predicted molar refractivity (Wildman–Crippen MR) is 107 cm³/mol. The fraction of sp³-hybridized carbons (Fsp3) is 0.647. The van der Waals surface area contributed by atoms with Crippen LogP contribution in [-0.2, 0) is 0 Å². The summed E-state index contributed by atoms with van der Waals surface area (Å²) >= 11 is 2.30. The van der Waals surface area contributed by atoms with Crippen molar-refractivity contribution in [1.29, 1.82) is 0 Å². The first-order valence-corrected chi connectivity index (χ1v) is 9.23. The third-order valence-corrected chi connectivity index (χ3v) is 5.59. The molecule has 1 aliphatic heterocycles. The van der Waals surface area contributed by atoms with Crippen LogP contribution >= 0.6 is 47.4 Å². The number of benzene rings is 1. The maximum absolute atomic E-state index is 14.5. The van der Waals surface area contributed by atoms with Gasteiger partial charge in [0.05, 0.1) is 0 Å². The average molecular weight is 475 g/mol. The smallest absolute Gasteiger partial charge is 0.128 e. The Morgan fingerprint density at radius 3 is 2.39 bits per heavy atom. The molecule has 0 unspecified atom stereocenters. The molecule has 1 heterocycles. The van der Waals surface area contributed by atoms with Crippen molar-refractivity contribution in [3.63, 3.8) is 0 Å². The second kappa shape index (κ2) is 10.4. The van der Waals surface area contributed by atoms with Crippen molar-refractivity contribution < 1.29 is 4.39 Å². The highest BCUT2D eigenvalue weighted by atomic mass is 127. The largest absolute Gasteiger partial charge is 0.314 e. The van der Waals surface area contributed by atoms with E-state index in [9.17, 15) is 4.39 Å². The number of hydrogen-bond donors (Lipinski definition) is 1. The zero-order chi connectivity index (χ0) is 14.7. The van der Waals surface area contributed by atoms with Gasteiger partial charge in [0.25, 0.3) is 0 Å². The van der Waals surface area contributed by atoms with Gasteiger partial charge in [-0.25, -0.2) is 4.39 Å². The molecule has 2 fully saturated rings. The molecule has 1 saturated heterocycles. The van der Waals surface area contributed by atoms with Crippen LogP contribution in [0, 0.1) is 15.3 Å². The molecule has 2 nitrogen and oxygen atoms in total. The number of rotatable bonds is 3. The van der Waals surface area contributed by atoms with Gasteiger partial charge in [-0.15, -0.1) is 24.8 Å². The molecule has 0 bridgehead atoms. The van der Waals surface area contributed by atoms with E-state index in [1.807, 2.05) is 6.07 Å². The molecule has 0 radical (unpaired) electrons. The molecule has 6 heteroatoms. The molecule has 23 heavy (non-hydrogen) atoms. The van der Waals surface area contributed by atoms with Gasteiger partial charge >= 0.3 is 0 Å². The van der Waals surface area contributed by atoms with Crippen LogP contribution in [-0.4, -0.2) is 31.1 Å². The molecule has 0 aromatic heterocycles. The summed E-state index contributed by atoms with van der Waals surface area (Å²) in [4.78, 5) is 2.51. The lowest BCUT2D eigenvalue weighted by Crippen LogP contribution is -2.47. The Labute approximate surface area is 164 Å². The maximum atomic E-state index is 14.5. The Kier molecular flexibility index (Phi) is 9.68. The van der Waals surface area contributed by atoms with Crippen molar-refractivity contribution in [2.24, 2.45) is 5.92 Å². The van der Waals surface area contributed by atoms with Crippen LogP contribution in [0.2, 0.25) is 0 Å². The third-order valence-electron chi connectivity index (χ3n) is 4.92. The first-order chi connectivity index (χ1) is 10.3. The molecular formula is C17H26Cl2FIN2. The lowest BCUT2D eigenvalue weighted by atomic mass is 9.80. The van der Waals surface area contributed by atoms with Gasteiger partial charge in [-0.05, 0) is 59.5 Å². The number of hydrogen-bond acceptors (Lipinski definition) is 2. The lowest BCUT2D eigenvalue weighted by molar-refractivity contribution is 0.100. The van der Waals surface area contributed by atoms with E-state index in [0.29, 0.717) is 5.92 Å². The molecule has 0 spiro atoms. The van der Waals surface area contributed by atoms with Crippen molar-refractivity contribution in [3.05, 3.63) is 33.1 Å². The minimum Gasteiger partial charge on any atom is -0.314 e. The Morgan fingerprint density at radius 1 is 1.09 bits per heavy atom. The summed E-state index contributed by atoms with van der Waals surface area (Å²) in [7, 11) is 0. The number of halogens is 4. The summed E-state index contributed by atoms with van der Waals surface area (Å²) < 4.78 is 15.6. The summed E-state index contributed by atoms with van der Waals surface area (Å²) in [6.07, 6.45) is 6.45. The highest BCUT2D eigenvalue weighted by Crippen LogP contribution is 2.39. The molecule has 132 valence electrons. The second-order valence-corrected chi connectivity index (χ2v) is 7.54. The molecule has 1 aliphatic carbocycles. The molecule has 1 aromatic rings. The Bertz CT molecular complexity index is 460. The van der Waals surface area contributed by atoms with Crippen LogP contribution in [0.15, 0.2) is 18.2 Å². The first-order valence-electron chi connectivity index (χ1n) is 8.15. The van der Waals surface area contributed by atoms with Gasteiger partial charge in [0.1, 0.15) is 5.82 Å². The summed E-state index contributed by atoms with van der Waals surface area (Å²) in [6, 6.07) is 5.85. The molecule has 1 N–H and O–H groups in total. The SMILES string of the molecule is Cl.Cl.Fc1ccc(I)cc1[C@H](C1CCCCC1)N1CCNCC1. The first kappa shape index (κ1) is 21.4. The van der Waals surface area contributed by atoms with Crippen molar-refractivity contribution in [2.45, 2.75) is 38.1 Å². The molecule has 1 saturated carbocycles. The minimum atomic E-state index is -0.0236. The highest BCUT2D eigenvalue weighted by Gasteiger charge is 2.32. The van der Waals surface area contributed by atoms with E-state index >= 15 is 0 Å². The topological polar surface area (TPSA) is 15.3 Å². The van der Waals surface area contributed by atoms with E-state index in [2.05, 4.69) is 38.9 Å². The van der Waals surface area contributed by atoms with E-state index in [4.69, 9.17) is 0 Å². The molecule has 1 atom stereocenters. The minimum absolute atomic E-state index is 0. The van der Waals surface area contributed by atoms with E-state index in [0.717, 1.165) is 35.3 Å². The standard InChI is InChI=1S/C17H24FIN2.2ClH/c18-16-7-6-14(19)12-15(16)17(13-4-2-1-3-5-13)21-10-8-20-9-11-21;;/h6-7,12-13,17,20H,1-5,8-11H2;2*1H/t17-;;/m0../s1. The summed E-state index contributed by atoms with van der Waals surface area (Å²) in [5, 5.41) is 3.41. The highest BCUT2D eigenvalue weighted by molar-refractivity contribution is 14.1. The van der Waals surface area contributed by atoms with Gasteiger partial charge in [0.2, 0.25) is 0 Å². The normalized spacial score (nSPS) is 21.1. The van der Waals surface area contributed by atoms with Crippen molar-refractivity contribution in [2.75, 3.05) is 26.2 Å². The molecule has 2 aliphatic rings. The number of nitrogens with zero attached hydrogens (tertiary/aromatic N) is 1. The number of piperazine rings is 1. The van der Waals surface area contributed by atoms with Crippen molar-refractivity contribution >= 4 is 47.4 Å². The summed E-state index contributed by atoms with van der Waals surface area (Å²) in [6.45, 7) is 4.11. The van der Waals surface area contributed by atoms with E-state index in [-0.39, 0.29) is 36.7 Å². The van der Waals surface area contributed by atoms with Crippen LogP contribution in [0.1, 0.15) is 43.7 Å². The molecular weight excluding hydrogens is 449 g/mol. The van der Waals surface area contributed by atoms with Crippen molar-refractivity contribution in [3.8, 4) is 0 Å². The zero-order valence-electron chi connectivity index (χ0n) is 13.3. The van der Waals surface area contributed by atoms with E-state index in [1.54, 1.807) is 6.07 Å². The van der Waals surface area contributed by atoms with Crippen LogP contribution < -0.4 is 5.32 Å². The monoisotopic (exact) mass is 474 g/mol. The molecule has 3 rings (SSSR count). The van der Waals surface area contributed by atoms with Gasteiger partial charge in [0.15, 0.2) is 0 Å². The maximum Gasteiger partial charge on any atom is 0.128 e. The summed E-state index contributed by atoms with van der Waals surface area (Å²) in [5.41, 5.74) is 0.927. The fourth-order valence-electron chi connectivity index (χ4n) is 3.90. The Hall–Kier alpha value is 0.380. The Morgan fingerprint density at radius 2 is 1.74 bits per heavy atom. The van der Waals surface area contributed by atoms with Crippen molar-refractivity contribution in [1.82, 2.24) is 10.2 Å². The quantitative estimate of drug-likeness (QED) is 0.633. The molecule has 0 amide bonds. The van der Waals surface area contributed by atoms with Crippen LogP contribution in [0.3, 0.4) is 0 Å². The van der Waals surface area contributed by atoms with Gasteiger partial charge in [-0.2, -0.15) is 0 Å². The second-order valence-electron chi connectivity index (χ2n) is 6.29. The van der Waals surface area contributed by atoms with Crippen LogP contribution in [0.5, 0.6) is 0 Å². The molecule has 1 aromatic carbocycles. The summed E-state index contributed by atoms with van der Waals surface area (Å²) in [5.74, 6) is 0.592. The van der Waals surface area contributed by atoms with Gasteiger partial charge in [0, 0.05) is 41.4 Å². The third kappa shape index (κ3) is 5.43. The number of nitrogens with one attached hydrogen (secondary N) is 1. The average Bonchev–Trinajstić information content (AvgIpc) is 2.53. The zero-order valence-corrected chi connectivity index (χ0v) is 17.1.